The van der Waals surface area contributed by atoms with Crippen LogP contribution >= 0.6 is 0 Å². The van der Waals surface area contributed by atoms with Gasteiger partial charge in [0.15, 0.2) is 6.79 Å². The van der Waals surface area contributed by atoms with Crippen molar-refractivity contribution in [3.63, 3.8) is 0 Å². The number of esters is 1. The number of aliphatic carboxylic acids is 1. The maximum absolute atomic E-state index is 10.4. The Morgan fingerprint density at radius 2 is 2.09 bits per heavy atom. The fraction of sp³-hybridized carbons (Fsp3) is 0.667. The van der Waals surface area contributed by atoms with Crippen molar-refractivity contribution in [2.75, 3.05) is 13.4 Å². The first-order valence-corrected chi connectivity index (χ1v) is 3.12. The third-order valence-corrected chi connectivity index (χ3v) is 0.803. The minimum atomic E-state index is -1.20. The van der Waals surface area contributed by atoms with E-state index in [4.69, 9.17) is 5.11 Å². The number of carboxylic acid groups (broad SMARTS) is 1. The average Bonchev–Trinajstić information content (AvgIpc) is 1.86. The van der Waals surface area contributed by atoms with Crippen LogP contribution in [0.4, 0.5) is 0 Å². The summed E-state index contributed by atoms with van der Waals surface area (Å²) in [4.78, 5) is 20.3. The smallest absolute Gasteiger partial charge is 0.319 e. The Labute approximate surface area is 63.9 Å². The molecule has 0 fully saturated rings. The van der Waals surface area contributed by atoms with Crippen LogP contribution in [-0.4, -0.2) is 30.4 Å². The largest absolute Gasteiger partial charge is 0.481 e. The van der Waals surface area contributed by atoms with Gasteiger partial charge in [0.1, 0.15) is 6.42 Å². The average molecular weight is 162 g/mol. The molecule has 0 atom stereocenters. The summed E-state index contributed by atoms with van der Waals surface area (Å²) in [7, 11) is 0. The maximum Gasteiger partial charge on any atom is 0.319 e. The number of hydrogen-bond acceptors (Lipinski definition) is 4. The highest BCUT2D eigenvalue weighted by atomic mass is 16.7. The van der Waals surface area contributed by atoms with Crippen LogP contribution in [0.15, 0.2) is 0 Å². The van der Waals surface area contributed by atoms with Gasteiger partial charge >= 0.3 is 11.9 Å². The Bertz CT molecular complexity index is 142. The zero-order valence-electron chi connectivity index (χ0n) is 6.20. The minimum absolute atomic E-state index is 0.178. The number of carbonyl (C=O) groups is 2. The second-order valence-corrected chi connectivity index (χ2v) is 1.70. The molecule has 0 aromatic rings. The van der Waals surface area contributed by atoms with E-state index in [1.165, 1.54) is 0 Å². The highest BCUT2D eigenvalue weighted by Crippen LogP contribution is 1.86. The van der Waals surface area contributed by atoms with E-state index in [9.17, 15) is 9.59 Å². The monoisotopic (exact) mass is 162 g/mol. The molecule has 0 amide bonds. The molecule has 0 aliphatic rings. The van der Waals surface area contributed by atoms with Gasteiger partial charge in [0, 0.05) is 6.61 Å². The molecule has 0 unspecified atom stereocenters. The van der Waals surface area contributed by atoms with Crippen LogP contribution in [0.2, 0.25) is 0 Å². The number of carbonyl (C=O) groups excluding carboxylic acids is 1. The molecule has 11 heavy (non-hydrogen) atoms. The van der Waals surface area contributed by atoms with Gasteiger partial charge in [-0.15, -0.1) is 0 Å². The van der Waals surface area contributed by atoms with Crippen molar-refractivity contribution in [1.29, 1.82) is 0 Å². The number of rotatable bonds is 5. The zero-order chi connectivity index (χ0) is 8.69. The van der Waals surface area contributed by atoms with Crippen LogP contribution in [0.25, 0.3) is 0 Å². The van der Waals surface area contributed by atoms with Gasteiger partial charge in [0.2, 0.25) is 0 Å². The SMILES string of the molecule is CCOCOC(=O)CC(=O)O. The van der Waals surface area contributed by atoms with Crippen molar-refractivity contribution in [3.8, 4) is 0 Å². The highest BCUT2D eigenvalue weighted by Gasteiger charge is 2.07. The predicted molar refractivity (Wildman–Crippen MR) is 34.8 cm³/mol. The molecule has 0 aromatic carbocycles. The van der Waals surface area contributed by atoms with E-state index < -0.39 is 18.4 Å². The van der Waals surface area contributed by atoms with Gasteiger partial charge in [-0.1, -0.05) is 0 Å². The van der Waals surface area contributed by atoms with Gasteiger partial charge in [-0.2, -0.15) is 0 Å². The van der Waals surface area contributed by atoms with E-state index in [1.807, 2.05) is 0 Å². The Morgan fingerprint density at radius 3 is 2.55 bits per heavy atom. The fourth-order valence-electron chi connectivity index (χ4n) is 0.365. The first-order valence-electron chi connectivity index (χ1n) is 3.12. The molecule has 0 saturated heterocycles. The summed E-state index contributed by atoms with van der Waals surface area (Å²) in [5.41, 5.74) is 0. The zero-order valence-corrected chi connectivity index (χ0v) is 6.20. The number of ether oxygens (including phenoxy) is 2. The lowest BCUT2D eigenvalue weighted by Gasteiger charge is -2.01. The quantitative estimate of drug-likeness (QED) is 0.266. The van der Waals surface area contributed by atoms with E-state index in [0.717, 1.165) is 0 Å². The lowest BCUT2D eigenvalue weighted by Crippen LogP contribution is -2.12. The molecule has 0 spiro atoms. The van der Waals surface area contributed by atoms with Crippen LogP contribution in [0.5, 0.6) is 0 Å². The van der Waals surface area contributed by atoms with Crippen molar-refractivity contribution in [2.45, 2.75) is 13.3 Å². The minimum Gasteiger partial charge on any atom is -0.481 e. The maximum atomic E-state index is 10.4. The Kier molecular flexibility index (Phi) is 5.10. The molecule has 0 rings (SSSR count). The van der Waals surface area contributed by atoms with E-state index in [1.54, 1.807) is 6.92 Å². The van der Waals surface area contributed by atoms with Gasteiger partial charge in [0.25, 0.3) is 0 Å². The van der Waals surface area contributed by atoms with Crippen molar-refractivity contribution in [1.82, 2.24) is 0 Å². The topological polar surface area (TPSA) is 72.8 Å². The molecule has 1 N–H and O–H groups in total. The fourth-order valence-corrected chi connectivity index (χ4v) is 0.365. The molecular weight excluding hydrogens is 152 g/mol. The molecular formula is C6H10O5. The number of carboxylic acids is 1. The molecule has 5 heteroatoms. The molecule has 0 aromatic heterocycles. The van der Waals surface area contributed by atoms with Gasteiger partial charge < -0.3 is 14.6 Å². The highest BCUT2D eigenvalue weighted by molar-refractivity contribution is 5.89. The summed E-state index contributed by atoms with van der Waals surface area (Å²) in [5.74, 6) is -1.99. The first-order chi connectivity index (χ1) is 5.16. The molecule has 0 heterocycles. The van der Waals surface area contributed by atoms with Gasteiger partial charge in [0.05, 0.1) is 0 Å². The third kappa shape index (κ3) is 6.79. The van der Waals surface area contributed by atoms with Crippen LogP contribution < -0.4 is 0 Å². The normalized spacial score (nSPS) is 9.18. The molecule has 0 aliphatic carbocycles. The summed E-state index contributed by atoms with van der Waals surface area (Å²) in [5, 5.41) is 8.10. The molecule has 0 bridgehead atoms. The summed E-state index contributed by atoms with van der Waals surface area (Å²) >= 11 is 0. The lowest BCUT2D eigenvalue weighted by molar-refractivity contribution is -0.160. The lowest BCUT2D eigenvalue weighted by atomic mass is 10.4. The standard InChI is InChI=1S/C6H10O5/c1-2-10-4-11-6(9)3-5(7)8/h2-4H2,1H3,(H,7,8). The van der Waals surface area contributed by atoms with E-state index in [2.05, 4.69) is 9.47 Å². The van der Waals surface area contributed by atoms with Crippen molar-refractivity contribution in [3.05, 3.63) is 0 Å². The van der Waals surface area contributed by atoms with E-state index in [-0.39, 0.29) is 6.79 Å². The third-order valence-electron chi connectivity index (χ3n) is 0.803. The van der Waals surface area contributed by atoms with Crippen LogP contribution in [0, 0.1) is 0 Å². The summed E-state index contributed by atoms with van der Waals surface area (Å²) in [6, 6.07) is 0. The van der Waals surface area contributed by atoms with Crippen LogP contribution in [-0.2, 0) is 19.1 Å². The van der Waals surface area contributed by atoms with Gasteiger partial charge in [-0.05, 0) is 6.92 Å². The van der Waals surface area contributed by atoms with Gasteiger partial charge in [-0.3, -0.25) is 9.59 Å². The molecule has 5 nitrogen and oxygen atoms in total. The van der Waals surface area contributed by atoms with Crippen molar-refractivity contribution >= 4 is 11.9 Å². The second kappa shape index (κ2) is 5.67. The van der Waals surface area contributed by atoms with E-state index in [0.29, 0.717) is 6.61 Å². The Balaban J connectivity index is 3.30. The molecule has 0 saturated carbocycles. The Hall–Kier alpha value is -1.10. The van der Waals surface area contributed by atoms with Crippen molar-refractivity contribution in [2.24, 2.45) is 0 Å². The second-order valence-electron chi connectivity index (χ2n) is 1.70. The molecule has 0 radical (unpaired) electrons. The van der Waals surface area contributed by atoms with E-state index >= 15 is 0 Å². The summed E-state index contributed by atoms with van der Waals surface area (Å²) in [6.45, 7) is 1.99. The van der Waals surface area contributed by atoms with Gasteiger partial charge in [-0.25, -0.2) is 0 Å². The predicted octanol–water partition coefficient (Wildman–Crippen LogP) is -0.00170. The molecule has 0 aliphatic heterocycles. The van der Waals surface area contributed by atoms with Crippen LogP contribution in [0.1, 0.15) is 13.3 Å². The summed E-state index contributed by atoms with van der Waals surface area (Å²) in [6.07, 6.45) is -0.618. The number of hydrogen-bond donors (Lipinski definition) is 1. The van der Waals surface area contributed by atoms with Crippen molar-refractivity contribution < 1.29 is 24.2 Å². The van der Waals surface area contributed by atoms with Crippen LogP contribution in [0.3, 0.4) is 0 Å². The Morgan fingerprint density at radius 1 is 1.45 bits per heavy atom. The first kappa shape index (κ1) is 9.90. The molecule has 64 valence electrons. The summed E-state index contributed by atoms with van der Waals surface area (Å²) < 4.78 is 9.00.